The lowest BCUT2D eigenvalue weighted by Gasteiger charge is -2.35. The van der Waals surface area contributed by atoms with E-state index in [1.54, 1.807) is 0 Å². The Labute approximate surface area is 143 Å². The Bertz CT molecular complexity index is 736. The van der Waals surface area contributed by atoms with Crippen LogP contribution in [0.25, 0.3) is 0 Å². The highest BCUT2D eigenvalue weighted by atomic mass is 32.2. The fourth-order valence-electron chi connectivity index (χ4n) is 3.84. The van der Waals surface area contributed by atoms with E-state index in [4.69, 9.17) is 4.42 Å². The SMILES string of the molecule is Cc1cc2c(o1)CC(C)(C)CC2NC(=O)NC1CCCS(=O)(=O)C1. The van der Waals surface area contributed by atoms with Crippen molar-refractivity contribution in [2.75, 3.05) is 11.5 Å². The first kappa shape index (κ1) is 17.3. The maximum Gasteiger partial charge on any atom is 0.315 e. The molecule has 0 aromatic carbocycles. The average molecular weight is 354 g/mol. The van der Waals surface area contributed by atoms with E-state index in [1.807, 2.05) is 13.0 Å². The molecule has 1 fully saturated rings. The topological polar surface area (TPSA) is 88.4 Å². The quantitative estimate of drug-likeness (QED) is 0.854. The second-order valence-electron chi connectivity index (χ2n) is 7.90. The maximum absolute atomic E-state index is 12.4. The smallest absolute Gasteiger partial charge is 0.315 e. The molecule has 134 valence electrons. The van der Waals surface area contributed by atoms with Crippen molar-refractivity contribution >= 4 is 15.9 Å². The van der Waals surface area contributed by atoms with Crippen LogP contribution >= 0.6 is 0 Å². The summed E-state index contributed by atoms with van der Waals surface area (Å²) in [5.41, 5.74) is 1.09. The maximum atomic E-state index is 12.4. The van der Waals surface area contributed by atoms with Gasteiger partial charge in [0.2, 0.25) is 0 Å². The standard InChI is InChI=1S/C17H26N2O4S/c1-11-7-13-14(8-17(2,3)9-15(13)23-11)19-16(20)18-12-5-4-6-24(21,22)10-12/h7,12,14H,4-6,8-10H2,1-3H3,(H2,18,19,20). The highest BCUT2D eigenvalue weighted by Gasteiger charge is 2.36. The number of hydrogen-bond donors (Lipinski definition) is 2. The number of rotatable bonds is 2. The summed E-state index contributed by atoms with van der Waals surface area (Å²) in [5.74, 6) is 2.05. The Morgan fingerprint density at radius 1 is 1.33 bits per heavy atom. The normalized spacial score (nSPS) is 28.0. The van der Waals surface area contributed by atoms with Gasteiger partial charge in [-0.3, -0.25) is 0 Å². The second-order valence-corrected chi connectivity index (χ2v) is 10.1. The van der Waals surface area contributed by atoms with Crippen molar-refractivity contribution in [3.05, 3.63) is 23.2 Å². The molecule has 3 rings (SSSR count). The van der Waals surface area contributed by atoms with Crippen LogP contribution in [0.3, 0.4) is 0 Å². The lowest BCUT2D eigenvalue weighted by atomic mass is 9.75. The molecule has 2 unspecified atom stereocenters. The number of nitrogens with one attached hydrogen (secondary N) is 2. The summed E-state index contributed by atoms with van der Waals surface area (Å²) in [5, 5.41) is 5.84. The molecular weight excluding hydrogens is 328 g/mol. The summed E-state index contributed by atoms with van der Waals surface area (Å²) in [6.07, 6.45) is 3.00. The summed E-state index contributed by atoms with van der Waals surface area (Å²) in [4.78, 5) is 12.4. The molecule has 1 aliphatic carbocycles. The van der Waals surface area contributed by atoms with Gasteiger partial charge in [0, 0.05) is 18.0 Å². The zero-order chi connectivity index (χ0) is 17.5. The van der Waals surface area contributed by atoms with Crippen molar-refractivity contribution in [1.82, 2.24) is 10.6 Å². The number of carbonyl (C=O) groups excluding carboxylic acids is 1. The van der Waals surface area contributed by atoms with Crippen molar-refractivity contribution < 1.29 is 17.6 Å². The fourth-order valence-corrected chi connectivity index (χ4v) is 5.47. The molecule has 0 radical (unpaired) electrons. The third-order valence-electron chi connectivity index (χ3n) is 4.84. The van der Waals surface area contributed by atoms with Crippen LogP contribution in [0, 0.1) is 12.3 Å². The number of fused-ring (bicyclic) bond motifs is 1. The highest BCUT2D eigenvalue weighted by molar-refractivity contribution is 7.91. The molecule has 2 amide bonds. The molecule has 2 N–H and O–H groups in total. The molecule has 1 aromatic rings. The van der Waals surface area contributed by atoms with Crippen molar-refractivity contribution in [2.45, 2.75) is 58.5 Å². The summed E-state index contributed by atoms with van der Waals surface area (Å²) < 4.78 is 29.2. The minimum absolute atomic E-state index is 0.0344. The molecular formula is C17H26N2O4S. The summed E-state index contributed by atoms with van der Waals surface area (Å²) in [7, 11) is -3.03. The number of hydrogen-bond acceptors (Lipinski definition) is 4. The Morgan fingerprint density at radius 2 is 2.08 bits per heavy atom. The molecule has 2 atom stereocenters. The van der Waals surface area contributed by atoms with Crippen LogP contribution in [0.1, 0.15) is 56.2 Å². The number of amides is 2. The lowest BCUT2D eigenvalue weighted by molar-refractivity contribution is 0.212. The average Bonchev–Trinajstić information content (AvgIpc) is 2.76. The summed E-state index contributed by atoms with van der Waals surface area (Å²) in [6.45, 7) is 6.23. The van der Waals surface area contributed by atoms with E-state index in [9.17, 15) is 13.2 Å². The number of aryl methyl sites for hydroxylation is 1. The molecule has 0 saturated carbocycles. The number of furan rings is 1. The van der Waals surface area contributed by atoms with Crippen LogP contribution in [0.2, 0.25) is 0 Å². The zero-order valence-corrected chi connectivity index (χ0v) is 15.3. The van der Waals surface area contributed by atoms with E-state index in [1.165, 1.54) is 0 Å². The minimum atomic E-state index is -3.03. The Balaban J connectivity index is 1.68. The molecule has 1 aliphatic heterocycles. The molecule has 6 nitrogen and oxygen atoms in total. The Morgan fingerprint density at radius 3 is 2.79 bits per heavy atom. The molecule has 24 heavy (non-hydrogen) atoms. The third kappa shape index (κ3) is 3.94. The monoisotopic (exact) mass is 354 g/mol. The molecule has 2 heterocycles. The fraction of sp³-hybridized carbons (Fsp3) is 0.706. The van der Waals surface area contributed by atoms with Gasteiger partial charge >= 0.3 is 6.03 Å². The largest absolute Gasteiger partial charge is 0.466 e. The first-order chi connectivity index (χ1) is 11.1. The molecule has 0 spiro atoms. The van der Waals surface area contributed by atoms with Gasteiger partial charge in [-0.15, -0.1) is 0 Å². The first-order valence-electron chi connectivity index (χ1n) is 8.50. The Hall–Kier alpha value is -1.50. The molecule has 1 saturated heterocycles. The van der Waals surface area contributed by atoms with Gasteiger partial charge in [-0.2, -0.15) is 0 Å². The molecule has 7 heteroatoms. The van der Waals surface area contributed by atoms with E-state index < -0.39 is 9.84 Å². The second kappa shape index (κ2) is 6.10. The van der Waals surface area contributed by atoms with Gasteiger partial charge in [0.1, 0.15) is 11.5 Å². The minimum Gasteiger partial charge on any atom is -0.466 e. The van der Waals surface area contributed by atoms with Crippen LogP contribution in [0.15, 0.2) is 10.5 Å². The van der Waals surface area contributed by atoms with Crippen molar-refractivity contribution in [3.8, 4) is 0 Å². The predicted molar refractivity (Wildman–Crippen MR) is 91.6 cm³/mol. The van der Waals surface area contributed by atoms with E-state index in [-0.39, 0.29) is 35.0 Å². The van der Waals surface area contributed by atoms with Crippen LogP contribution in [-0.2, 0) is 16.3 Å². The first-order valence-corrected chi connectivity index (χ1v) is 10.3. The van der Waals surface area contributed by atoms with Crippen molar-refractivity contribution in [1.29, 1.82) is 0 Å². The number of urea groups is 1. The van der Waals surface area contributed by atoms with Crippen LogP contribution < -0.4 is 10.6 Å². The van der Waals surface area contributed by atoms with Gasteiger partial charge < -0.3 is 15.1 Å². The van der Waals surface area contributed by atoms with Gasteiger partial charge in [-0.05, 0) is 37.7 Å². The third-order valence-corrected chi connectivity index (χ3v) is 6.66. The van der Waals surface area contributed by atoms with Crippen LogP contribution in [0.5, 0.6) is 0 Å². The highest BCUT2D eigenvalue weighted by Crippen LogP contribution is 2.41. The van der Waals surface area contributed by atoms with Crippen LogP contribution in [0.4, 0.5) is 4.79 Å². The van der Waals surface area contributed by atoms with Gasteiger partial charge in [-0.1, -0.05) is 13.8 Å². The molecule has 2 aliphatic rings. The van der Waals surface area contributed by atoms with Crippen molar-refractivity contribution in [3.63, 3.8) is 0 Å². The van der Waals surface area contributed by atoms with Gasteiger partial charge in [0.25, 0.3) is 0 Å². The van der Waals surface area contributed by atoms with Gasteiger partial charge in [0.15, 0.2) is 9.84 Å². The number of sulfone groups is 1. The summed E-state index contributed by atoms with van der Waals surface area (Å²) >= 11 is 0. The van der Waals surface area contributed by atoms with Gasteiger partial charge in [0.05, 0.1) is 17.5 Å². The molecule has 1 aromatic heterocycles. The van der Waals surface area contributed by atoms with E-state index in [0.29, 0.717) is 12.8 Å². The van der Waals surface area contributed by atoms with Crippen LogP contribution in [-0.4, -0.2) is 32.0 Å². The predicted octanol–water partition coefficient (Wildman–Crippen LogP) is 2.48. The number of carbonyl (C=O) groups is 1. The van der Waals surface area contributed by atoms with Crippen molar-refractivity contribution in [2.24, 2.45) is 5.41 Å². The lowest BCUT2D eigenvalue weighted by Crippen LogP contribution is -2.49. The van der Waals surface area contributed by atoms with Gasteiger partial charge in [-0.25, -0.2) is 13.2 Å². The van der Waals surface area contributed by atoms with E-state index in [0.717, 1.165) is 29.9 Å². The zero-order valence-electron chi connectivity index (χ0n) is 14.5. The summed E-state index contributed by atoms with van der Waals surface area (Å²) in [6, 6.07) is 1.28. The Kier molecular flexibility index (Phi) is 4.40. The van der Waals surface area contributed by atoms with E-state index in [2.05, 4.69) is 24.5 Å². The van der Waals surface area contributed by atoms with E-state index >= 15 is 0 Å². The molecule has 0 bridgehead atoms.